The summed E-state index contributed by atoms with van der Waals surface area (Å²) in [4.78, 5) is 24.8. The SMILES string of the molecule is CCCNSC(=O)NS(=O)(=O)c1cc2c(cc1OC)OCCC2CNC(=O)c1cc(Cl)ccc1OC. The van der Waals surface area contributed by atoms with Gasteiger partial charge in [0.2, 0.25) is 0 Å². The van der Waals surface area contributed by atoms with E-state index in [1.54, 1.807) is 12.1 Å². The minimum atomic E-state index is -4.24. The predicted octanol–water partition coefficient (Wildman–Crippen LogP) is 3.70. The number of carbonyl (C=O) groups is 2. The highest BCUT2D eigenvalue weighted by molar-refractivity contribution is 8.13. The van der Waals surface area contributed by atoms with Crippen LogP contribution in [0.1, 0.15) is 41.6 Å². The third-order valence-corrected chi connectivity index (χ3v) is 7.75. The van der Waals surface area contributed by atoms with Gasteiger partial charge in [0.15, 0.2) is 0 Å². The number of halogens is 1. The molecule has 1 unspecified atom stereocenters. The van der Waals surface area contributed by atoms with Gasteiger partial charge in [-0.1, -0.05) is 18.5 Å². The van der Waals surface area contributed by atoms with Gasteiger partial charge < -0.3 is 19.5 Å². The van der Waals surface area contributed by atoms with Crippen LogP contribution in [0.4, 0.5) is 4.79 Å². The molecule has 0 radical (unpaired) electrons. The van der Waals surface area contributed by atoms with Crippen LogP contribution in [0.15, 0.2) is 35.2 Å². The second-order valence-electron chi connectivity index (χ2n) is 7.82. The third-order valence-electron chi connectivity index (χ3n) is 5.40. The molecule has 13 heteroatoms. The lowest BCUT2D eigenvalue weighted by Crippen LogP contribution is -2.32. The van der Waals surface area contributed by atoms with Crippen LogP contribution in [0.25, 0.3) is 0 Å². The maximum Gasteiger partial charge on any atom is 0.307 e. The summed E-state index contributed by atoms with van der Waals surface area (Å²) < 4.78 is 47.1. The number of hydrogen-bond acceptors (Lipinski definition) is 9. The van der Waals surface area contributed by atoms with Crippen molar-refractivity contribution in [3.8, 4) is 17.2 Å². The number of hydrogen-bond donors (Lipinski definition) is 3. The largest absolute Gasteiger partial charge is 0.496 e. The van der Waals surface area contributed by atoms with Gasteiger partial charge in [0.1, 0.15) is 22.1 Å². The molecule has 3 N–H and O–H groups in total. The number of benzene rings is 2. The highest BCUT2D eigenvalue weighted by atomic mass is 35.5. The number of sulfonamides is 1. The molecule has 1 heterocycles. The summed E-state index contributed by atoms with van der Waals surface area (Å²) in [5.74, 6) is 0.229. The number of rotatable bonds is 10. The molecule has 10 nitrogen and oxygen atoms in total. The van der Waals surface area contributed by atoms with Crippen LogP contribution >= 0.6 is 23.5 Å². The molecule has 196 valence electrons. The van der Waals surface area contributed by atoms with Gasteiger partial charge in [0.25, 0.3) is 15.9 Å². The summed E-state index contributed by atoms with van der Waals surface area (Å²) in [5.41, 5.74) is 0.858. The number of carbonyl (C=O) groups excluding carboxylic acids is 2. The van der Waals surface area contributed by atoms with E-state index >= 15 is 0 Å². The maximum absolute atomic E-state index is 13.0. The van der Waals surface area contributed by atoms with Crippen LogP contribution in [0.2, 0.25) is 5.02 Å². The Morgan fingerprint density at radius 2 is 1.92 bits per heavy atom. The smallest absolute Gasteiger partial charge is 0.307 e. The van der Waals surface area contributed by atoms with Crippen molar-refractivity contribution >= 4 is 44.7 Å². The third kappa shape index (κ3) is 6.75. The zero-order chi connectivity index (χ0) is 26.3. The monoisotopic (exact) mass is 557 g/mol. The summed E-state index contributed by atoms with van der Waals surface area (Å²) in [6, 6.07) is 7.64. The van der Waals surface area contributed by atoms with Crippen LogP contribution in [-0.2, 0) is 10.0 Å². The van der Waals surface area contributed by atoms with Gasteiger partial charge in [-0.2, -0.15) is 0 Å². The van der Waals surface area contributed by atoms with Crippen molar-refractivity contribution in [3.63, 3.8) is 0 Å². The molecular weight excluding hydrogens is 530 g/mol. The molecule has 1 aliphatic rings. The van der Waals surface area contributed by atoms with Crippen LogP contribution in [0.5, 0.6) is 17.2 Å². The van der Waals surface area contributed by atoms with E-state index in [-0.39, 0.29) is 34.6 Å². The van der Waals surface area contributed by atoms with Gasteiger partial charge in [-0.3, -0.25) is 14.3 Å². The van der Waals surface area contributed by atoms with E-state index < -0.39 is 15.3 Å². The Morgan fingerprint density at radius 1 is 1.17 bits per heavy atom. The average molecular weight is 558 g/mol. The number of nitrogens with one attached hydrogen (secondary N) is 3. The van der Waals surface area contributed by atoms with E-state index in [0.717, 1.165) is 6.42 Å². The molecule has 0 aromatic heterocycles. The molecule has 0 saturated carbocycles. The molecule has 0 saturated heterocycles. The standard InChI is InChI=1S/C23H28ClN3O7S2/c1-4-8-26-35-23(29)27-36(30,31)21-11-16-14(7-9-34-19(16)12-20(21)33-3)13-25-22(28)17-10-15(24)5-6-18(17)32-2/h5-6,10-12,14,26H,4,7-9,13H2,1-3H3,(H,25,28)(H,27,29). The van der Waals surface area contributed by atoms with Crippen molar-refractivity contribution in [1.82, 2.24) is 14.8 Å². The Balaban J connectivity index is 1.83. The van der Waals surface area contributed by atoms with Gasteiger partial charge in [0, 0.05) is 47.6 Å². The zero-order valence-electron chi connectivity index (χ0n) is 20.1. The summed E-state index contributed by atoms with van der Waals surface area (Å²) in [6.45, 7) is 3.05. The molecule has 1 atom stereocenters. The Labute approximate surface area is 219 Å². The van der Waals surface area contributed by atoms with Gasteiger partial charge in [0.05, 0.1) is 26.4 Å². The van der Waals surface area contributed by atoms with Crippen LogP contribution in [-0.4, -0.2) is 53.5 Å². The van der Waals surface area contributed by atoms with Crippen molar-refractivity contribution in [1.29, 1.82) is 0 Å². The molecule has 2 aromatic rings. The fraction of sp³-hybridized carbons (Fsp3) is 0.391. The fourth-order valence-corrected chi connectivity index (χ4v) is 5.75. The zero-order valence-corrected chi connectivity index (χ0v) is 22.4. The number of fused-ring (bicyclic) bond motifs is 1. The van der Waals surface area contributed by atoms with E-state index in [1.165, 1.54) is 32.4 Å². The molecule has 0 bridgehead atoms. The predicted molar refractivity (Wildman–Crippen MR) is 138 cm³/mol. The average Bonchev–Trinajstić information content (AvgIpc) is 2.86. The topological polar surface area (TPSA) is 132 Å². The Bertz CT molecular complexity index is 1220. The molecule has 36 heavy (non-hydrogen) atoms. The van der Waals surface area contributed by atoms with E-state index in [4.69, 9.17) is 25.8 Å². The van der Waals surface area contributed by atoms with Crippen molar-refractivity contribution in [2.45, 2.75) is 30.6 Å². The minimum absolute atomic E-state index is 0.0360. The molecule has 0 fully saturated rings. The Morgan fingerprint density at radius 3 is 2.61 bits per heavy atom. The summed E-state index contributed by atoms with van der Waals surface area (Å²) >= 11 is 6.70. The first-order chi connectivity index (χ1) is 17.2. The minimum Gasteiger partial charge on any atom is -0.496 e. The maximum atomic E-state index is 13.0. The molecule has 2 amide bonds. The normalized spacial score (nSPS) is 14.8. The fourth-order valence-electron chi connectivity index (χ4n) is 3.62. The Hall–Kier alpha value is -2.67. The summed E-state index contributed by atoms with van der Waals surface area (Å²) in [6.07, 6.45) is 1.32. The van der Waals surface area contributed by atoms with Gasteiger partial charge >= 0.3 is 5.24 Å². The highest BCUT2D eigenvalue weighted by Gasteiger charge is 2.30. The number of amides is 2. The number of ether oxygens (including phenoxy) is 3. The van der Waals surface area contributed by atoms with E-state index in [2.05, 4.69) is 10.0 Å². The summed E-state index contributed by atoms with van der Waals surface area (Å²) in [7, 11) is -1.45. The van der Waals surface area contributed by atoms with Gasteiger partial charge in [-0.25, -0.2) is 13.1 Å². The van der Waals surface area contributed by atoms with E-state index in [0.29, 0.717) is 53.6 Å². The first-order valence-corrected chi connectivity index (χ1v) is 13.8. The first kappa shape index (κ1) is 27.9. The lowest BCUT2D eigenvalue weighted by Gasteiger charge is -2.27. The van der Waals surface area contributed by atoms with E-state index in [1.807, 2.05) is 11.6 Å². The number of methoxy groups -OCH3 is 2. The van der Waals surface area contributed by atoms with Crippen molar-refractivity contribution in [2.24, 2.45) is 0 Å². The molecule has 1 aliphatic heterocycles. The highest BCUT2D eigenvalue weighted by Crippen LogP contribution is 2.40. The lowest BCUT2D eigenvalue weighted by atomic mass is 9.92. The molecule has 0 spiro atoms. The molecule has 0 aliphatic carbocycles. The molecular formula is C23H28ClN3O7S2. The van der Waals surface area contributed by atoms with Crippen LogP contribution in [0, 0.1) is 0 Å². The second kappa shape index (κ2) is 12.5. The van der Waals surface area contributed by atoms with Gasteiger partial charge in [-0.15, -0.1) is 0 Å². The van der Waals surface area contributed by atoms with Crippen LogP contribution in [0.3, 0.4) is 0 Å². The molecule has 2 aromatic carbocycles. The lowest BCUT2D eigenvalue weighted by molar-refractivity contribution is 0.0945. The van der Waals surface area contributed by atoms with E-state index in [9.17, 15) is 18.0 Å². The van der Waals surface area contributed by atoms with Crippen molar-refractivity contribution in [2.75, 3.05) is 33.9 Å². The Kier molecular flexibility index (Phi) is 9.71. The van der Waals surface area contributed by atoms with Crippen molar-refractivity contribution < 1.29 is 32.2 Å². The first-order valence-electron chi connectivity index (χ1n) is 11.1. The molecule has 3 rings (SSSR count). The quantitative estimate of drug-likeness (QED) is 0.295. The van der Waals surface area contributed by atoms with Gasteiger partial charge in [-0.05, 0) is 37.1 Å². The summed E-state index contributed by atoms with van der Waals surface area (Å²) in [5, 5.41) is 2.49. The van der Waals surface area contributed by atoms with Crippen molar-refractivity contribution in [3.05, 3.63) is 46.5 Å². The van der Waals surface area contributed by atoms with Crippen LogP contribution < -0.4 is 29.0 Å². The second-order valence-corrected chi connectivity index (χ2v) is 10.8.